The van der Waals surface area contributed by atoms with Crippen molar-refractivity contribution >= 4 is 30.7 Å². The molecule has 1 amide bonds. The molecular weight excluding hydrogens is 153 g/mol. The minimum absolute atomic E-state index is 0. The largest absolute Gasteiger partial charge is 0.503 e. The van der Waals surface area contributed by atoms with Gasteiger partial charge in [-0.1, -0.05) is 6.58 Å². The monoisotopic (exact) mass is 159 g/mol. The molecule has 8 heavy (non-hydrogen) atoms. The molecule has 0 saturated heterocycles. The van der Waals surface area contributed by atoms with E-state index in [0.717, 1.165) is 0 Å². The fourth-order valence-electron chi connectivity index (χ4n) is 0. The molecule has 0 aliphatic carbocycles. The molecule has 0 rings (SSSR count). The maximum atomic E-state index is 9.57. The van der Waals surface area contributed by atoms with Crippen LogP contribution in [0.1, 0.15) is 0 Å². The Morgan fingerprint density at radius 2 is 1.62 bits per heavy atom. The van der Waals surface area contributed by atoms with Gasteiger partial charge in [-0.3, -0.25) is 4.79 Å². The molecule has 0 saturated carbocycles. The first-order valence-electron chi connectivity index (χ1n) is 1.32. The normalized spacial score (nSPS) is 5.50. The first-order chi connectivity index (χ1) is 2.64. The topological polar surface area (TPSA) is 63.3 Å². The number of carbonyl (C=O) groups is 1. The summed E-state index contributed by atoms with van der Waals surface area (Å²) >= 11 is 0. The Labute approximate surface area is 59.4 Å². The summed E-state index contributed by atoms with van der Waals surface area (Å²) < 4.78 is 0. The maximum Gasteiger partial charge on any atom is 0.282 e. The highest BCUT2D eigenvalue weighted by molar-refractivity contribution is 5.88. The first-order valence-corrected chi connectivity index (χ1v) is 1.32. The van der Waals surface area contributed by atoms with Crippen LogP contribution >= 0.6 is 24.8 Å². The van der Waals surface area contributed by atoms with Crippen molar-refractivity contribution in [3.8, 4) is 0 Å². The fraction of sp³-hybridized carbons (Fsp3) is 0. The molecule has 0 aliphatic heterocycles. The third-order valence-electron chi connectivity index (χ3n) is 0.284. The lowest BCUT2D eigenvalue weighted by Gasteiger charge is -1.81. The van der Waals surface area contributed by atoms with Gasteiger partial charge in [-0.05, 0) is 0 Å². The van der Waals surface area contributed by atoms with Crippen LogP contribution in [-0.2, 0) is 4.79 Å². The molecule has 0 heterocycles. The summed E-state index contributed by atoms with van der Waals surface area (Å²) in [6.07, 6.45) is 0. The lowest BCUT2D eigenvalue weighted by molar-refractivity contribution is -0.116. The van der Waals surface area contributed by atoms with Crippen LogP contribution in [0.25, 0.3) is 0 Å². The number of aliphatic hydroxyl groups excluding tert-OH is 1. The maximum absolute atomic E-state index is 9.57. The Hall–Kier alpha value is -0.410. The predicted octanol–water partition coefficient (Wildman–Crippen LogP) is 0.387. The number of aliphatic hydroxyl groups is 1. The molecule has 0 aromatic rings. The molecule has 0 aromatic carbocycles. The smallest absolute Gasteiger partial charge is 0.282 e. The van der Waals surface area contributed by atoms with E-state index in [1.165, 1.54) is 0 Å². The Bertz CT molecular complexity index is 81.3. The highest BCUT2D eigenvalue weighted by atomic mass is 35.5. The average molecular weight is 160 g/mol. The van der Waals surface area contributed by atoms with Crippen molar-refractivity contribution < 1.29 is 9.90 Å². The van der Waals surface area contributed by atoms with Crippen molar-refractivity contribution in [2.24, 2.45) is 5.73 Å². The predicted molar refractivity (Wildman–Crippen MR) is 35.5 cm³/mol. The Morgan fingerprint density at radius 3 is 1.62 bits per heavy atom. The van der Waals surface area contributed by atoms with E-state index in [-0.39, 0.29) is 24.8 Å². The van der Waals surface area contributed by atoms with Crippen LogP contribution in [-0.4, -0.2) is 11.0 Å². The van der Waals surface area contributed by atoms with Crippen molar-refractivity contribution in [3.63, 3.8) is 0 Å². The third-order valence-corrected chi connectivity index (χ3v) is 0.284. The van der Waals surface area contributed by atoms with Crippen LogP contribution in [0, 0.1) is 0 Å². The van der Waals surface area contributed by atoms with Crippen molar-refractivity contribution in [2.75, 3.05) is 0 Å². The van der Waals surface area contributed by atoms with E-state index >= 15 is 0 Å². The van der Waals surface area contributed by atoms with Crippen LogP contribution in [0.2, 0.25) is 0 Å². The van der Waals surface area contributed by atoms with Crippen LogP contribution in [0.5, 0.6) is 0 Å². The van der Waals surface area contributed by atoms with E-state index in [4.69, 9.17) is 5.11 Å². The number of halogens is 2. The van der Waals surface area contributed by atoms with E-state index in [2.05, 4.69) is 12.3 Å². The lowest BCUT2D eigenvalue weighted by atomic mass is 10.6. The lowest BCUT2D eigenvalue weighted by Crippen LogP contribution is -2.11. The Balaban J connectivity index is -0.000000125. The van der Waals surface area contributed by atoms with Gasteiger partial charge < -0.3 is 10.8 Å². The van der Waals surface area contributed by atoms with Gasteiger partial charge in [0, 0.05) is 0 Å². The van der Waals surface area contributed by atoms with Gasteiger partial charge in [0.2, 0.25) is 0 Å². The van der Waals surface area contributed by atoms with Crippen LogP contribution in [0.4, 0.5) is 0 Å². The zero-order chi connectivity index (χ0) is 5.15. The van der Waals surface area contributed by atoms with E-state index in [0.29, 0.717) is 0 Å². The van der Waals surface area contributed by atoms with Gasteiger partial charge in [0.15, 0.2) is 5.76 Å². The summed E-state index contributed by atoms with van der Waals surface area (Å²) in [6, 6.07) is 0. The molecule has 5 heteroatoms. The highest BCUT2D eigenvalue weighted by Crippen LogP contribution is 1.71. The van der Waals surface area contributed by atoms with Crippen LogP contribution < -0.4 is 5.73 Å². The van der Waals surface area contributed by atoms with Gasteiger partial charge in [-0.25, -0.2) is 0 Å². The number of amides is 1. The van der Waals surface area contributed by atoms with Crippen molar-refractivity contribution in [3.05, 3.63) is 12.3 Å². The summed E-state index contributed by atoms with van der Waals surface area (Å²) in [6.45, 7) is 2.84. The molecule has 0 bridgehead atoms. The number of carbonyl (C=O) groups excluding carboxylic acids is 1. The first kappa shape index (κ1) is 15.6. The second-order valence-corrected chi connectivity index (χ2v) is 0.811. The fourth-order valence-corrected chi connectivity index (χ4v) is 0. The minimum Gasteiger partial charge on any atom is -0.503 e. The molecule has 0 atom stereocenters. The minimum atomic E-state index is -0.880. The molecule has 50 valence electrons. The number of hydrogen-bond donors (Lipinski definition) is 2. The van der Waals surface area contributed by atoms with Crippen molar-refractivity contribution in [2.45, 2.75) is 0 Å². The summed E-state index contributed by atoms with van der Waals surface area (Å²) in [5.41, 5.74) is 4.45. The van der Waals surface area contributed by atoms with E-state index in [1.807, 2.05) is 0 Å². The SMILES string of the molecule is C=C(O)C(N)=O.Cl.Cl. The van der Waals surface area contributed by atoms with Gasteiger partial charge in [0.1, 0.15) is 0 Å². The quantitative estimate of drug-likeness (QED) is 0.430. The van der Waals surface area contributed by atoms with Crippen molar-refractivity contribution in [1.82, 2.24) is 0 Å². The van der Waals surface area contributed by atoms with Crippen LogP contribution in [0.15, 0.2) is 12.3 Å². The van der Waals surface area contributed by atoms with E-state index in [1.54, 1.807) is 0 Å². The molecule has 3 N–H and O–H groups in total. The average Bonchev–Trinajstić information content (AvgIpc) is 1.36. The van der Waals surface area contributed by atoms with Gasteiger partial charge in [-0.15, -0.1) is 24.8 Å². The number of nitrogens with two attached hydrogens (primary N) is 1. The van der Waals surface area contributed by atoms with Gasteiger partial charge in [0.05, 0.1) is 0 Å². The van der Waals surface area contributed by atoms with Crippen LogP contribution in [0.3, 0.4) is 0 Å². The van der Waals surface area contributed by atoms with Crippen molar-refractivity contribution in [1.29, 1.82) is 0 Å². The highest BCUT2D eigenvalue weighted by Gasteiger charge is 1.90. The molecule has 0 spiro atoms. The summed E-state index contributed by atoms with van der Waals surface area (Å²) in [4.78, 5) is 9.57. The van der Waals surface area contributed by atoms with E-state index < -0.39 is 11.7 Å². The number of primary amides is 1. The molecule has 0 aromatic heterocycles. The third kappa shape index (κ3) is 9.14. The second kappa shape index (κ2) is 6.59. The summed E-state index contributed by atoms with van der Waals surface area (Å²) in [5, 5.41) is 7.96. The molecular formula is C3H7Cl2NO2. The van der Waals surface area contributed by atoms with Gasteiger partial charge in [0.25, 0.3) is 5.91 Å². The van der Waals surface area contributed by atoms with E-state index in [9.17, 15) is 4.79 Å². The standard InChI is InChI=1S/C3H5NO2.2ClH/c1-2(5)3(4)6;;/h5H,1H2,(H2,4,6);2*1H. The Morgan fingerprint density at radius 1 is 1.50 bits per heavy atom. The molecule has 3 nitrogen and oxygen atoms in total. The summed E-state index contributed by atoms with van der Waals surface area (Å²) in [7, 11) is 0. The second-order valence-electron chi connectivity index (χ2n) is 0.811. The molecule has 0 unspecified atom stereocenters. The molecule has 0 fully saturated rings. The van der Waals surface area contributed by atoms with Gasteiger partial charge >= 0.3 is 0 Å². The molecule has 0 aliphatic rings. The Kier molecular flexibility index (Phi) is 12.9. The zero-order valence-corrected chi connectivity index (χ0v) is 5.59. The number of rotatable bonds is 1. The summed E-state index contributed by atoms with van der Waals surface area (Å²) in [5.74, 6) is -1.48. The van der Waals surface area contributed by atoms with Gasteiger partial charge in [-0.2, -0.15) is 0 Å². The molecule has 0 radical (unpaired) electrons. The number of hydrogen-bond acceptors (Lipinski definition) is 2. The zero-order valence-electron chi connectivity index (χ0n) is 3.96.